The van der Waals surface area contributed by atoms with E-state index >= 15 is 0 Å². The van der Waals surface area contributed by atoms with Gasteiger partial charge in [-0.15, -0.1) is 22.6 Å². The Hall–Kier alpha value is -2.70. The van der Waals surface area contributed by atoms with E-state index in [1.165, 1.54) is 0 Å². The SMILES string of the molecule is Cc1c(-c2ccccc2)cccc1-c1nnc(-c2cc(CNC(C)O)ccc2Cl)o1.Cl. The molecular formula is C24H23Cl2N3O2. The summed E-state index contributed by atoms with van der Waals surface area (Å²) in [5, 5.41) is 21.4. The quantitative estimate of drug-likeness (QED) is 0.355. The Bertz CT molecular complexity index is 1160. The lowest BCUT2D eigenvalue weighted by Crippen LogP contribution is -2.24. The Balaban J connectivity index is 0.00000272. The summed E-state index contributed by atoms with van der Waals surface area (Å²) in [6, 6.07) is 21.8. The van der Waals surface area contributed by atoms with E-state index in [-0.39, 0.29) is 12.4 Å². The molecule has 0 saturated carbocycles. The lowest BCUT2D eigenvalue weighted by Gasteiger charge is -2.09. The molecule has 0 bridgehead atoms. The highest BCUT2D eigenvalue weighted by molar-refractivity contribution is 6.33. The highest BCUT2D eigenvalue weighted by Crippen LogP contribution is 2.34. The van der Waals surface area contributed by atoms with E-state index in [2.05, 4.69) is 40.6 Å². The Morgan fingerprint density at radius 2 is 1.61 bits per heavy atom. The lowest BCUT2D eigenvalue weighted by molar-refractivity contribution is 0.155. The van der Waals surface area contributed by atoms with E-state index in [0.29, 0.717) is 28.9 Å². The fraction of sp³-hybridized carbons (Fsp3) is 0.167. The Morgan fingerprint density at radius 3 is 2.32 bits per heavy atom. The topological polar surface area (TPSA) is 71.2 Å². The first kappa shape index (κ1) is 23.0. The van der Waals surface area contributed by atoms with E-state index in [4.69, 9.17) is 16.0 Å². The first-order valence-corrected chi connectivity index (χ1v) is 10.1. The molecule has 0 radical (unpaired) electrons. The van der Waals surface area contributed by atoms with Gasteiger partial charge in [0.2, 0.25) is 11.8 Å². The van der Waals surface area contributed by atoms with Crippen molar-refractivity contribution >= 4 is 24.0 Å². The summed E-state index contributed by atoms with van der Waals surface area (Å²) in [7, 11) is 0. The smallest absolute Gasteiger partial charge is 0.249 e. The van der Waals surface area contributed by atoms with Crippen molar-refractivity contribution < 1.29 is 9.52 Å². The van der Waals surface area contributed by atoms with E-state index in [1.54, 1.807) is 13.0 Å². The molecule has 1 heterocycles. The van der Waals surface area contributed by atoms with Crippen molar-refractivity contribution in [2.75, 3.05) is 0 Å². The summed E-state index contributed by atoms with van der Waals surface area (Å²) >= 11 is 6.39. The molecule has 3 aromatic carbocycles. The van der Waals surface area contributed by atoms with Gasteiger partial charge in [0.25, 0.3) is 0 Å². The number of rotatable bonds is 6. The Labute approximate surface area is 192 Å². The number of aliphatic hydroxyl groups is 1. The molecule has 1 aromatic heterocycles. The van der Waals surface area contributed by atoms with Crippen LogP contribution in [0, 0.1) is 6.92 Å². The van der Waals surface area contributed by atoms with Crippen LogP contribution in [0.3, 0.4) is 0 Å². The molecule has 0 fully saturated rings. The minimum absolute atomic E-state index is 0. The maximum atomic E-state index is 9.44. The molecule has 0 spiro atoms. The van der Waals surface area contributed by atoms with Gasteiger partial charge in [-0.2, -0.15) is 0 Å². The second-order valence-electron chi connectivity index (χ2n) is 7.13. The molecule has 4 rings (SSSR count). The lowest BCUT2D eigenvalue weighted by atomic mass is 9.96. The normalized spacial score (nSPS) is 11.7. The highest BCUT2D eigenvalue weighted by Gasteiger charge is 2.17. The van der Waals surface area contributed by atoms with Crippen LogP contribution < -0.4 is 5.32 Å². The molecule has 31 heavy (non-hydrogen) atoms. The maximum Gasteiger partial charge on any atom is 0.249 e. The monoisotopic (exact) mass is 455 g/mol. The molecular weight excluding hydrogens is 433 g/mol. The molecule has 0 aliphatic carbocycles. The largest absolute Gasteiger partial charge is 0.416 e. The van der Waals surface area contributed by atoms with Crippen LogP contribution in [0.15, 0.2) is 71.1 Å². The number of aromatic nitrogens is 2. The van der Waals surface area contributed by atoms with Gasteiger partial charge in [0, 0.05) is 12.1 Å². The fourth-order valence-corrected chi connectivity index (χ4v) is 3.55. The van der Waals surface area contributed by atoms with Gasteiger partial charge < -0.3 is 9.52 Å². The Morgan fingerprint density at radius 1 is 0.935 bits per heavy atom. The number of nitrogens with zero attached hydrogens (tertiary/aromatic N) is 2. The molecule has 2 N–H and O–H groups in total. The van der Waals surface area contributed by atoms with Crippen LogP contribution in [0.25, 0.3) is 34.0 Å². The second kappa shape index (κ2) is 10.1. The van der Waals surface area contributed by atoms with Gasteiger partial charge in [0.05, 0.1) is 10.6 Å². The van der Waals surface area contributed by atoms with Crippen molar-refractivity contribution in [1.82, 2.24) is 15.5 Å². The van der Waals surface area contributed by atoms with Gasteiger partial charge in [-0.1, -0.05) is 60.1 Å². The number of nitrogens with one attached hydrogen (secondary N) is 1. The van der Waals surface area contributed by atoms with Crippen molar-refractivity contribution in [1.29, 1.82) is 0 Å². The van der Waals surface area contributed by atoms with E-state index in [1.807, 2.05) is 42.5 Å². The Kier molecular flexibility index (Phi) is 7.46. The van der Waals surface area contributed by atoms with E-state index in [0.717, 1.165) is 27.8 Å². The summed E-state index contributed by atoms with van der Waals surface area (Å²) < 4.78 is 6.01. The van der Waals surface area contributed by atoms with Gasteiger partial charge in [-0.25, -0.2) is 0 Å². The van der Waals surface area contributed by atoms with Crippen LogP contribution in [0.1, 0.15) is 18.1 Å². The predicted molar refractivity (Wildman–Crippen MR) is 126 cm³/mol. The molecule has 4 aromatic rings. The van der Waals surface area contributed by atoms with Crippen LogP contribution in [-0.2, 0) is 6.54 Å². The zero-order valence-corrected chi connectivity index (χ0v) is 18.7. The van der Waals surface area contributed by atoms with Crippen molar-refractivity contribution in [3.8, 4) is 34.0 Å². The summed E-state index contributed by atoms with van der Waals surface area (Å²) in [5.74, 6) is 0.808. The average Bonchev–Trinajstić information content (AvgIpc) is 3.23. The molecule has 7 heteroatoms. The fourth-order valence-electron chi connectivity index (χ4n) is 3.35. The zero-order valence-electron chi connectivity index (χ0n) is 17.2. The molecule has 1 atom stereocenters. The summed E-state index contributed by atoms with van der Waals surface area (Å²) in [4.78, 5) is 0. The highest BCUT2D eigenvalue weighted by atomic mass is 35.5. The van der Waals surface area contributed by atoms with Crippen molar-refractivity contribution in [3.05, 3.63) is 82.9 Å². The van der Waals surface area contributed by atoms with Crippen molar-refractivity contribution in [2.45, 2.75) is 26.6 Å². The number of benzene rings is 3. The zero-order chi connectivity index (χ0) is 21.1. The molecule has 0 aliphatic rings. The number of halogens is 2. The standard InChI is InChI=1S/C24H22ClN3O2.ClH/c1-15-19(18-7-4-3-5-8-18)9-6-10-20(15)23-27-28-24(30-23)21-13-17(11-12-22(21)25)14-26-16(2)29;/h3-13,16,26,29H,14H2,1-2H3;1H. The van der Waals surface area contributed by atoms with Crippen molar-refractivity contribution in [3.63, 3.8) is 0 Å². The first-order valence-electron chi connectivity index (χ1n) is 9.72. The third kappa shape index (κ3) is 5.14. The summed E-state index contributed by atoms with van der Waals surface area (Å²) in [6.45, 7) is 4.23. The third-order valence-corrected chi connectivity index (χ3v) is 5.27. The van der Waals surface area contributed by atoms with Crippen LogP contribution in [-0.4, -0.2) is 21.5 Å². The third-order valence-electron chi connectivity index (χ3n) is 4.94. The molecule has 0 amide bonds. The van der Waals surface area contributed by atoms with Crippen molar-refractivity contribution in [2.24, 2.45) is 0 Å². The summed E-state index contributed by atoms with van der Waals surface area (Å²) in [6.07, 6.45) is -0.598. The van der Waals surface area contributed by atoms with Crippen LogP contribution in [0.4, 0.5) is 0 Å². The molecule has 5 nitrogen and oxygen atoms in total. The minimum Gasteiger partial charge on any atom is -0.416 e. The minimum atomic E-state index is -0.598. The molecule has 0 saturated heterocycles. The van der Waals surface area contributed by atoms with Crippen LogP contribution in [0.2, 0.25) is 5.02 Å². The molecule has 1 unspecified atom stereocenters. The first-order chi connectivity index (χ1) is 14.5. The maximum absolute atomic E-state index is 9.44. The number of hydrogen-bond donors (Lipinski definition) is 2. The van der Waals surface area contributed by atoms with Gasteiger partial charge in [-0.05, 0) is 54.3 Å². The second-order valence-corrected chi connectivity index (χ2v) is 7.53. The van der Waals surface area contributed by atoms with Gasteiger partial charge in [0.15, 0.2) is 0 Å². The number of aliphatic hydroxyl groups excluding tert-OH is 1. The van der Waals surface area contributed by atoms with Crippen LogP contribution >= 0.6 is 24.0 Å². The van der Waals surface area contributed by atoms with E-state index < -0.39 is 6.23 Å². The number of hydrogen-bond acceptors (Lipinski definition) is 5. The molecule has 0 aliphatic heterocycles. The molecule has 160 valence electrons. The van der Waals surface area contributed by atoms with Crippen LogP contribution in [0.5, 0.6) is 0 Å². The van der Waals surface area contributed by atoms with Gasteiger partial charge in [0.1, 0.15) is 6.23 Å². The average molecular weight is 456 g/mol. The summed E-state index contributed by atoms with van der Waals surface area (Å²) in [5.41, 5.74) is 5.84. The predicted octanol–water partition coefficient (Wildman–Crippen LogP) is 5.88. The van der Waals surface area contributed by atoms with Gasteiger partial charge in [-0.3, -0.25) is 5.32 Å². The van der Waals surface area contributed by atoms with Gasteiger partial charge >= 0.3 is 0 Å². The van der Waals surface area contributed by atoms with E-state index in [9.17, 15) is 5.11 Å².